The largest absolute Gasteiger partial charge is 0.496 e. The van der Waals surface area contributed by atoms with Crippen LogP contribution in [0.4, 0.5) is 0 Å². The Balaban J connectivity index is 2.67. The Morgan fingerprint density at radius 3 is 2.06 bits per heavy atom. The number of rotatable bonds is 6. The van der Waals surface area contributed by atoms with Crippen molar-refractivity contribution < 1.29 is 14.2 Å². The number of nitrogens with two attached hydrogens (primary N) is 1. The van der Waals surface area contributed by atoms with Crippen LogP contribution in [0.3, 0.4) is 0 Å². The zero-order valence-corrected chi connectivity index (χ0v) is 10.2. The highest BCUT2D eigenvalue weighted by atomic mass is 32.1. The number of benzene rings is 1. The number of hydrogen-bond acceptors (Lipinski definition) is 4. The molecule has 0 aliphatic heterocycles. The summed E-state index contributed by atoms with van der Waals surface area (Å²) >= 11 is 4.76. The number of hydrogen-bond donors (Lipinski definition) is 1. The van der Waals surface area contributed by atoms with Crippen molar-refractivity contribution in [2.75, 3.05) is 20.8 Å². The van der Waals surface area contributed by atoms with E-state index in [4.69, 9.17) is 32.2 Å². The van der Waals surface area contributed by atoms with Crippen LogP contribution in [0.5, 0.6) is 17.2 Å². The maximum absolute atomic E-state index is 5.47. The first-order valence-corrected chi connectivity index (χ1v) is 5.20. The third-order valence-corrected chi connectivity index (χ3v) is 2.15. The van der Waals surface area contributed by atoms with Gasteiger partial charge in [-0.2, -0.15) is 0 Å². The summed E-state index contributed by atoms with van der Waals surface area (Å²) in [6, 6.07) is 5.34. The summed E-state index contributed by atoms with van der Waals surface area (Å²) in [5.74, 6) is 2.04. The molecular weight excluding hydrogens is 226 g/mol. The summed E-state index contributed by atoms with van der Waals surface area (Å²) in [6.45, 7) is 0.450. The van der Waals surface area contributed by atoms with Gasteiger partial charge in [-0.3, -0.25) is 0 Å². The third kappa shape index (κ3) is 3.94. The van der Waals surface area contributed by atoms with Gasteiger partial charge in [0.15, 0.2) is 0 Å². The fourth-order valence-electron chi connectivity index (χ4n) is 1.13. The van der Waals surface area contributed by atoms with Crippen LogP contribution >= 0.6 is 12.2 Å². The van der Waals surface area contributed by atoms with Crippen LogP contribution in [0.1, 0.15) is 6.42 Å². The molecule has 1 rings (SSSR count). The van der Waals surface area contributed by atoms with Gasteiger partial charge in [0.05, 0.1) is 25.8 Å². The predicted molar refractivity (Wildman–Crippen MR) is 66.4 cm³/mol. The monoisotopic (exact) mass is 241 g/mol. The Labute approximate surface area is 100 Å². The lowest BCUT2D eigenvalue weighted by atomic mass is 10.3. The average molecular weight is 241 g/mol. The molecule has 88 valence electrons. The van der Waals surface area contributed by atoms with Crippen molar-refractivity contribution in [3.8, 4) is 17.2 Å². The van der Waals surface area contributed by atoms with E-state index in [1.165, 1.54) is 0 Å². The van der Waals surface area contributed by atoms with Crippen LogP contribution in [0.2, 0.25) is 0 Å². The molecule has 5 heteroatoms. The first-order valence-electron chi connectivity index (χ1n) is 4.80. The van der Waals surface area contributed by atoms with E-state index >= 15 is 0 Å². The molecule has 1 aromatic rings. The number of thiocarbonyl (C=S) groups is 1. The topological polar surface area (TPSA) is 53.7 Å². The minimum Gasteiger partial charge on any atom is -0.496 e. The molecule has 0 saturated heterocycles. The quantitative estimate of drug-likeness (QED) is 0.769. The van der Waals surface area contributed by atoms with Gasteiger partial charge in [0.25, 0.3) is 0 Å². The molecule has 2 N–H and O–H groups in total. The van der Waals surface area contributed by atoms with Crippen LogP contribution in [-0.4, -0.2) is 25.8 Å². The molecule has 4 nitrogen and oxygen atoms in total. The molecule has 16 heavy (non-hydrogen) atoms. The Morgan fingerprint density at radius 1 is 1.12 bits per heavy atom. The molecule has 0 spiro atoms. The van der Waals surface area contributed by atoms with Crippen LogP contribution in [-0.2, 0) is 0 Å². The Hall–Kier alpha value is -1.49. The summed E-state index contributed by atoms with van der Waals surface area (Å²) in [5.41, 5.74) is 5.37. The first kappa shape index (κ1) is 12.6. The Morgan fingerprint density at radius 2 is 1.62 bits per heavy atom. The standard InChI is InChI=1S/C11H15NO3S/c1-13-8-5-9(14-2)7-10(6-8)15-4-3-11(12)16/h5-7H,3-4H2,1-2H3,(H2,12,16). The number of methoxy groups -OCH3 is 2. The van der Waals surface area contributed by atoms with Crippen molar-refractivity contribution in [2.45, 2.75) is 6.42 Å². The molecule has 0 aromatic heterocycles. The zero-order chi connectivity index (χ0) is 12.0. The van der Waals surface area contributed by atoms with Gasteiger partial charge in [-0.1, -0.05) is 12.2 Å². The minimum atomic E-state index is 0.440. The van der Waals surface area contributed by atoms with Crippen molar-refractivity contribution in [2.24, 2.45) is 5.73 Å². The van der Waals surface area contributed by atoms with Gasteiger partial charge in [-0.25, -0.2) is 0 Å². The molecular formula is C11H15NO3S. The van der Waals surface area contributed by atoms with E-state index in [-0.39, 0.29) is 0 Å². The SMILES string of the molecule is COc1cc(OC)cc(OCCC(N)=S)c1. The summed E-state index contributed by atoms with van der Waals surface area (Å²) < 4.78 is 15.7. The molecule has 0 amide bonds. The molecule has 1 aromatic carbocycles. The molecule has 0 atom stereocenters. The molecule has 0 fully saturated rings. The van der Waals surface area contributed by atoms with Gasteiger partial charge in [0.2, 0.25) is 0 Å². The summed E-state index contributed by atoms with van der Waals surface area (Å²) in [6.07, 6.45) is 0.550. The van der Waals surface area contributed by atoms with Crippen molar-refractivity contribution in [1.29, 1.82) is 0 Å². The van der Waals surface area contributed by atoms with Gasteiger partial charge in [0, 0.05) is 24.6 Å². The van der Waals surface area contributed by atoms with E-state index in [9.17, 15) is 0 Å². The highest BCUT2D eigenvalue weighted by molar-refractivity contribution is 7.80. The smallest absolute Gasteiger partial charge is 0.126 e. The molecule has 0 saturated carbocycles. The van der Waals surface area contributed by atoms with Crippen LogP contribution in [0.25, 0.3) is 0 Å². The van der Waals surface area contributed by atoms with Gasteiger partial charge < -0.3 is 19.9 Å². The fraction of sp³-hybridized carbons (Fsp3) is 0.364. The summed E-state index contributed by atoms with van der Waals surface area (Å²) in [4.78, 5) is 0.440. The summed E-state index contributed by atoms with van der Waals surface area (Å²) in [5, 5.41) is 0. The van der Waals surface area contributed by atoms with Gasteiger partial charge >= 0.3 is 0 Å². The minimum absolute atomic E-state index is 0.440. The molecule has 0 radical (unpaired) electrons. The van der Waals surface area contributed by atoms with Gasteiger partial charge in [-0.05, 0) is 0 Å². The van der Waals surface area contributed by atoms with Crippen LogP contribution in [0, 0.1) is 0 Å². The lowest BCUT2D eigenvalue weighted by Gasteiger charge is -2.09. The lowest BCUT2D eigenvalue weighted by molar-refractivity contribution is 0.321. The van der Waals surface area contributed by atoms with E-state index in [1.807, 2.05) is 0 Å². The van der Waals surface area contributed by atoms with E-state index in [0.29, 0.717) is 35.3 Å². The summed E-state index contributed by atoms with van der Waals surface area (Å²) in [7, 11) is 3.18. The van der Waals surface area contributed by atoms with E-state index in [0.717, 1.165) is 0 Å². The zero-order valence-electron chi connectivity index (χ0n) is 9.36. The molecule has 0 heterocycles. The van der Waals surface area contributed by atoms with E-state index in [1.54, 1.807) is 32.4 Å². The molecule has 0 bridgehead atoms. The van der Waals surface area contributed by atoms with Gasteiger partial charge in [0.1, 0.15) is 17.2 Å². The highest BCUT2D eigenvalue weighted by Gasteiger charge is 2.02. The maximum Gasteiger partial charge on any atom is 0.126 e. The molecule has 0 aliphatic rings. The van der Waals surface area contributed by atoms with Crippen molar-refractivity contribution in [3.63, 3.8) is 0 Å². The highest BCUT2D eigenvalue weighted by Crippen LogP contribution is 2.27. The lowest BCUT2D eigenvalue weighted by Crippen LogP contribution is -2.12. The second kappa shape index (κ2) is 6.17. The predicted octanol–water partition coefficient (Wildman–Crippen LogP) is 1.76. The molecule has 0 unspecified atom stereocenters. The fourth-order valence-corrected chi connectivity index (χ4v) is 1.22. The van der Waals surface area contributed by atoms with Crippen molar-refractivity contribution in [3.05, 3.63) is 18.2 Å². The van der Waals surface area contributed by atoms with E-state index < -0.39 is 0 Å². The first-order chi connectivity index (χ1) is 7.65. The Bertz CT molecular complexity index is 346. The van der Waals surface area contributed by atoms with Crippen LogP contribution in [0.15, 0.2) is 18.2 Å². The average Bonchev–Trinajstić information content (AvgIpc) is 2.28. The Kier molecular flexibility index (Phi) is 4.85. The van der Waals surface area contributed by atoms with Crippen molar-refractivity contribution >= 4 is 17.2 Å². The van der Waals surface area contributed by atoms with Gasteiger partial charge in [-0.15, -0.1) is 0 Å². The third-order valence-electron chi connectivity index (χ3n) is 1.94. The number of ether oxygens (including phenoxy) is 3. The second-order valence-corrected chi connectivity index (χ2v) is 3.64. The van der Waals surface area contributed by atoms with Crippen LogP contribution < -0.4 is 19.9 Å². The van der Waals surface area contributed by atoms with E-state index in [2.05, 4.69) is 0 Å². The molecule has 0 aliphatic carbocycles. The normalized spacial score (nSPS) is 9.62. The maximum atomic E-state index is 5.47. The van der Waals surface area contributed by atoms with Crippen molar-refractivity contribution in [1.82, 2.24) is 0 Å². The second-order valence-electron chi connectivity index (χ2n) is 3.11.